The first-order valence-electron chi connectivity index (χ1n) is 6.48. The Bertz CT molecular complexity index is 716. The Morgan fingerprint density at radius 1 is 1.17 bits per heavy atom. The number of carbonyl (C=O) groups is 2. The Kier molecular flexibility index (Phi) is 5.84. The second kappa shape index (κ2) is 7.85. The predicted octanol–water partition coefficient (Wildman–Crippen LogP) is 3.21. The third-order valence-electron chi connectivity index (χ3n) is 2.79. The molecule has 122 valence electrons. The molecule has 0 fully saturated rings. The van der Waals surface area contributed by atoms with Gasteiger partial charge in [0.1, 0.15) is 16.4 Å². The van der Waals surface area contributed by atoms with E-state index in [1.54, 1.807) is 30.3 Å². The van der Waals surface area contributed by atoms with Gasteiger partial charge < -0.3 is 19.5 Å². The number of halogens is 1. The fourth-order valence-electron chi connectivity index (χ4n) is 1.72. The van der Waals surface area contributed by atoms with E-state index in [4.69, 9.17) is 25.8 Å². The molecule has 1 aromatic heterocycles. The van der Waals surface area contributed by atoms with Crippen molar-refractivity contribution in [2.45, 2.75) is 0 Å². The quantitative estimate of drug-likeness (QED) is 0.805. The van der Waals surface area contributed by atoms with E-state index in [1.165, 1.54) is 14.2 Å². The van der Waals surface area contributed by atoms with Crippen LogP contribution in [0.15, 0.2) is 30.3 Å². The van der Waals surface area contributed by atoms with E-state index >= 15 is 0 Å². The van der Waals surface area contributed by atoms with Crippen molar-refractivity contribution in [3.05, 3.63) is 39.5 Å². The SMILES string of the molecule is COc1ccc(OC)c(NC(=O)COC(=O)c2ccc(Cl)s2)c1. The van der Waals surface area contributed by atoms with Crippen LogP contribution in [0.25, 0.3) is 0 Å². The van der Waals surface area contributed by atoms with E-state index in [1.807, 2.05) is 0 Å². The summed E-state index contributed by atoms with van der Waals surface area (Å²) in [7, 11) is 3.00. The zero-order valence-corrected chi connectivity index (χ0v) is 14.0. The molecule has 0 radical (unpaired) electrons. The summed E-state index contributed by atoms with van der Waals surface area (Å²) >= 11 is 6.83. The van der Waals surface area contributed by atoms with Crippen molar-refractivity contribution in [2.75, 3.05) is 26.1 Å². The highest BCUT2D eigenvalue weighted by Crippen LogP contribution is 2.28. The summed E-state index contributed by atoms with van der Waals surface area (Å²) in [5.41, 5.74) is 0.423. The van der Waals surface area contributed by atoms with E-state index in [2.05, 4.69) is 5.32 Å². The van der Waals surface area contributed by atoms with Crippen LogP contribution in [0.1, 0.15) is 9.67 Å². The number of amides is 1. The summed E-state index contributed by atoms with van der Waals surface area (Å²) in [5, 5.41) is 2.60. The molecule has 2 rings (SSSR count). The maximum atomic E-state index is 11.9. The van der Waals surface area contributed by atoms with E-state index in [0.29, 0.717) is 26.4 Å². The average Bonchev–Trinajstić information content (AvgIpc) is 2.99. The monoisotopic (exact) mass is 355 g/mol. The lowest BCUT2D eigenvalue weighted by Crippen LogP contribution is -2.21. The Morgan fingerprint density at radius 3 is 2.57 bits per heavy atom. The van der Waals surface area contributed by atoms with Crippen LogP contribution in [0.3, 0.4) is 0 Å². The van der Waals surface area contributed by atoms with Gasteiger partial charge in [0.15, 0.2) is 6.61 Å². The molecule has 1 aromatic carbocycles. The summed E-state index contributed by atoms with van der Waals surface area (Å²) in [6.45, 7) is -0.422. The van der Waals surface area contributed by atoms with Crippen molar-refractivity contribution in [2.24, 2.45) is 0 Å². The van der Waals surface area contributed by atoms with Crippen LogP contribution in [0.5, 0.6) is 11.5 Å². The Morgan fingerprint density at radius 2 is 1.96 bits per heavy atom. The van der Waals surface area contributed by atoms with Crippen LogP contribution in [-0.4, -0.2) is 32.7 Å². The minimum absolute atomic E-state index is 0.335. The molecule has 0 aliphatic heterocycles. The molecule has 0 aliphatic carbocycles. The molecular formula is C15H14ClNO5S. The highest BCUT2D eigenvalue weighted by Gasteiger charge is 2.14. The number of anilines is 1. The van der Waals surface area contributed by atoms with Crippen LogP contribution >= 0.6 is 22.9 Å². The van der Waals surface area contributed by atoms with Crippen LogP contribution < -0.4 is 14.8 Å². The molecule has 0 atom stereocenters. The fraction of sp³-hybridized carbons (Fsp3) is 0.200. The van der Waals surface area contributed by atoms with Gasteiger partial charge in [-0.15, -0.1) is 11.3 Å². The lowest BCUT2D eigenvalue weighted by Gasteiger charge is -2.11. The van der Waals surface area contributed by atoms with Gasteiger partial charge in [-0.05, 0) is 24.3 Å². The van der Waals surface area contributed by atoms with Gasteiger partial charge in [-0.2, -0.15) is 0 Å². The number of thiophene rings is 1. The first kappa shape index (κ1) is 17.1. The molecule has 8 heteroatoms. The molecule has 23 heavy (non-hydrogen) atoms. The van der Waals surface area contributed by atoms with Gasteiger partial charge in [0.05, 0.1) is 24.2 Å². The molecule has 0 unspecified atom stereocenters. The Hall–Kier alpha value is -2.25. The molecule has 1 N–H and O–H groups in total. The van der Waals surface area contributed by atoms with Gasteiger partial charge in [-0.25, -0.2) is 4.79 Å². The highest BCUT2D eigenvalue weighted by atomic mass is 35.5. The number of hydrogen-bond acceptors (Lipinski definition) is 6. The van der Waals surface area contributed by atoms with Crippen LogP contribution in [-0.2, 0) is 9.53 Å². The third-order valence-corrected chi connectivity index (χ3v) is 4.00. The van der Waals surface area contributed by atoms with Crippen molar-refractivity contribution in [1.82, 2.24) is 0 Å². The van der Waals surface area contributed by atoms with Crippen molar-refractivity contribution in [3.63, 3.8) is 0 Å². The predicted molar refractivity (Wildman–Crippen MR) is 87.8 cm³/mol. The first-order valence-corrected chi connectivity index (χ1v) is 7.67. The molecule has 6 nitrogen and oxygen atoms in total. The largest absolute Gasteiger partial charge is 0.497 e. The molecule has 1 amide bonds. The third kappa shape index (κ3) is 4.61. The minimum Gasteiger partial charge on any atom is -0.497 e. The maximum Gasteiger partial charge on any atom is 0.348 e. The van der Waals surface area contributed by atoms with Crippen molar-refractivity contribution >= 4 is 40.5 Å². The number of carbonyl (C=O) groups excluding carboxylic acids is 2. The molecule has 0 aliphatic rings. The van der Waals surface area contributed by atoms with E-state index in [0.717, 1.165) is 11.3 Å². The van der Waals surface area contributed by atoms with Gasteiger partial charge >= 0.3 is 5.97 Å². The summed E-state index contributed by atoms with van der Waals surface area (Å²) in [6, 6.07) is 8.10. The van der Waals surface area contributed by atoms with E-state index in [-0.39, 0.29) is 0 Å². The number of methoxy groups -OCH3 is 2. The van der Waals surface area contributed by atoms with Crippen molar-refractivity contribution < 1.29 is 23.8 Å². The normalized spacial score (nSPS) is 10.0. The second-order valence-electron chi connectivity index (χ2n) is 4.29. The van der Waals surface area contributed by atoms with Gasteiger partial charge in [0.25, 0.3) is 5.91 Å². The molecule has 0 spiro atoms. The molecule has 0 saturated heterocycles. The lowest BCUT2D eigenvalue weighted by molar-refractivity contribution is -0.119. The van der Waals surface area contributed by atoms with Gasteiger partial charge in [0.2, 0.25) is 0 Å². The summed E-state index contributed by atoms with van der Waals surface area (Å²) in [4.78, 5) is 24.0. The molecule has 1 heterocycles. The van der Waals surface area contributed by atoms with E-state index < -0.39 is 18.5 Å². The minimum atomic E-state index is -0.602. The number of rotatable bonds is 6. The molecule has 0 saturated carbocycles. The Balaban J connectivity index is 1.95. The van der Waals surface area contributed by atoms with Crippen LogP contribution in [0, 0.1) is 0 Å². The zero-order valence-electron chi connectivity index (χ0n) is 12.4. The van der Waals surface area contributed by atoms with Crippen LogP contribution in [0.4, 0.5) is 5.69 Å². The number of esters is 1. The number of ether oxygens (including phenoxy) is 3. The Labute approximate surface area is 141 Å². The molecular weight excluding hydrogens is 342 g/mol. The summed E-state index contributed by atoms with van der Waals surface area (Å²) in [5.74, 6) is -0.0657. The summed E-state index contributed by atoms with van der Waals surface area (Å²) in [6.07, 6.45) is 0. The summed E-state index contributed by atoms with van der Waals surface area (Å²) < 4.78 is 15.7. The lowest BCUT2D eigenvalue weighted by atomic mass is 10.2. The zero-order chi connectivity index (χ0) is 16.8. The average molecular weight is 356 g/mol. The van der Waals surface area contributed by atoms with Gasteiger partial charge in [0, 0.05) is 6.07 Å². The number of nitrogens with one attached hydrogen (secondary N) is 1. The maximum absolute atomic E-state index is 11.9. The van der Waals surface area contributed by atoms with Crippen molar-refractivity contribution in [1.29, 1.82) is 0 Å². The topological polar surface area (TPSA) is 73.9 Å². The van der Waals surface area contributed by atoms with Crippen molar-refractivity contribution in [3.8, 4) is 11.5 Å². The highest BCUT2D eigenvalue weighted by molar-refractivity contribution is 7.17. The second-order valence-corrected chi connectivity index (χ2v) is 6.01. The number of hydrogen-bond donors (Lipinski definition) is 1. The fourth-order valence-corrected chi connectivity index (χ4v) is 2.66. The molecule has 0 bridgehead atoms. The molecule has 2 aromatic rings. The van der Waals surface area contributed by atoms with Crippen LogP contribution in [0.2, 0.25) is 4.34 Å². The van der Waals surface area contributed by atoms with Gasteiger partial charge in [-0.3, -0.25) is 4.79 Å². The standard InChI is InChI=1S/C15H14ClNO5S/c1-20-9-3-4-11(21-2)10(7-9)17-14(18)8-22-15(19)12-5-6-13(16)23-12/h3-7H,8H2,1-2H3,(H,17,18). The smallest absolute Gasteiger partial charge is 0.348 e. The first-order chi connectivity index (χ1) is 11.0. The number of benzene rings is 1. The van der Waals surface area contributed by atoms with Gasteiger partial charge in [-0.1, -0.05) is 11.6 Å². The van der Waals surface area contributed by atoms with E-state index in [9.17, 15) is 9.59 Å².